The summed E-state index contributed by atoms with van der Waals surface area (Å²) < 4.78 is 0. The highest BCUT2D eigenvalue weighted by Gasteiger charge is 2.17. The van der Waals surface area contributed by atoms with Crippen molar-refractivity contribution >= 4 is 52.4 Å². The molecule has 2 aromatic carbocycles. The molecule has 0 bridgehead atoms. The van der Waals surface area contributed by atoms with E-state index in [0.29, 0.717) is 21.2 Å². The molecule has 19 heavy (non-hydrogen) atoms. The second-order valence-electron chi connectivity index (χ2n) is 3.74. The van der Waals surface area contributed by atoms with Crippen LogP contribution in [0.2, 0.25) is 20.1 Å². The van der Waals surface area contributed by atoms with E-state index in [1.54, 1.807) is 12.1 Å². The maximum atomic E-state index is 11.3. The molecule has 0 amide bonds. The van der Waals surface area contributed by atoms with Crippen LogP contribution >= 0.6 is 46.4 Å². The quantitative estimate of drug-likeness (QED) is 0.768. The summed E-state index contributed by atoms with van der Waals surface area (Å²) in [6.07, 6.45) is 0. The highest BCUT2D eigenvalue weighted by Crippen LogP contribution is 2.39. The van der Waals surface area contributed by atoms with E-state index in [9.17, 15) is 9.90 Å². The Morgan fingerprint density at radius 1 is 0.895 bits per heavy atom. The highest BCUT2D eigenvalue weighted by molar-refractivity contribution is 6.42. The number of carboxylic acids is 1. The van der Waals surface area contributed by atoms with Crippen LogP contribution in [-0.4, -0.2) is 11.1 Å². The van der Waals surface area contributed by atoms with Gasteiger partial charge in [0.05, 0.1) is 15.6 Å². The molecular weight excluding hydrogens is 330 g/mol. The van der Waals surface area contributed by atoms with Gasteiger partial charge < -0.3 is 5.11 Å². The third-order valence-corrected chi connectivity index (χ3v) is 3.54. The van der Waals surface area contributed by atoms with Crippen molar-refractivity contribution in [3.8, 4) is 11.1 Å². The summed E-state index contributed by atoms with van der Waals surface area (Å²) in [5.74, 6) is -1.11. The smallest absolute Gasteiger partial charge is 0.336 e. The summed E-state index contributed by atoms with van der Waals surface area (Å²) in [7, 11) is 0. The summed E-state index contributed by atoms with van der Waals surface area (Å²) in [6.45, 7) is 0. The lowest BCUT2D eigenvalue weighted by Crippen LogP contribution is -2.00. The minimum Gasteiger partial charge on any atom is -0.478 e. The number of carbonyl (C=O) groups is 1. The number of hydrogen-bond acceptors (Lipinski definition) is 1. The monoisotopic (exact) mass is 334 g/mol. The second kappa shape index (κ2) is 5.59. The Balaban J connectivity index is 2.76. The second-order valence-corrected chi connectivity index (χ2v) is 5.43. The SMILES string of the molecule is O=C(O)c1cc(Cl)ccc1-c1c(Cl)cc(Cl)cc1Cl. The van der Waals surface area contributed by atoms with Gasteiger partial charge in [0.15, 0.2) is 0 Å². The van der Waals surface area contributed by atoms with E-state index in [4.69, 9.17) is 46.4 Å². The normalized spacial score (nSPS) is 10.5. The van der Waals surface area contributed by atoms with Crippen molar-refractivity contribution in [1.29, 1.82) is 0 Å². The van der Waals surface area contributed by atoms with Gasteiger partial charge in [-0.1, -0.05) is 52.5 Å². The van der Waals surface area contributed by atoms with Gasteiger partial charge in [-0.3, -0.25) is 0 Å². The van der Waals surface area contributed by atoms with E-state index < -0.39 is 5.97 Å². The average molecular weight is 336 g/mol. The van der Waals surface area contributed by atoms with Crippen molar-refractivity contribution in [1.82, 2.24) is 0 Å². The molecule has 2 aromatic rings. The van der Waals surface area contributed by atoms with Gasteiger partial charge in [0.25, 0.3) is 0 Å². The van der Waals surface area contributed by atoms with Crippen LogP contribution in [0.4, 0.5) is 0 Å². The predicted molar refractivity (Wildman–Crippen MR) is 78.9 cm³/mol. The van der Waals surface area contributed by atoms with Gasteiger partial charge in [-0.15, -0.1) is 0 Å². The molecule has 0 aliphatic carbocycles. The summed E-state index contributed by atoms with van der Waals surface area (Å²) in [5, 5.41) is 10.5. The molecule has 0 saturated carbocycles. The zero-order chi connectivity index (χ0) is 14.2. The molecule has 0 aliphatic rings. The first-order valence-corrected chi connectivity index (χ1v) is 6.59. The van der Waals surface area contributed by atoms with Gasteiger partial charge >= 0.3 is 5.97 Å². The lowest BCUT2D eigenvalue weighted by Gasteiger charge is -2.11. The van der Waals surface area contributed by atoms with E-state index in [2.05, 4.69) is 0 Å². The molecule has 0 aliphatic heterocycles. The Bertz CT molecular complexity index is 645. The van der Waals surface area contributed by atoms with Crippen molar-refractivity contribution in [3.63, 3.8) is 0 Å². The lowest BCUT2D eigenvalue weighted by atomic mass is 9.99. The van der Waals surface area contributed by atoms with Gasteiger partial charge in [-0.25, -0.2) is 4.79 Å². The first-order valence-electron chi connectivity index (χ1n) is 5.08. The zero-order valence-electron chi connectivity index (χ0n) is 9.25. The minimum atomic E-state index is -1.11. The Labute approximate surface area is 129 Å². The molecule has 2 nitrogen and oxygen atoms in total. The molecule has 0 spiro atoms. The first kappa shape index (κ1) is 14.5. The van der Waals surface area contributed by atoms with Gasteiger partial charge in [-0.2, -0.15) is 0 Å². The fraction of sp³-hybridized carbons (Fsp3) is 0. The maximum Gasteiger partial charge on any atom is 0.336 e. The summed E-state index contributed by atoms with van der Waals surface area (Å²) in [6, 6.07) is 7.49. The molecule has 98 valence electrons. The Morgan fingerprint density at radius 3 is 2.00 bits per heavy atom. The van der Waals surface area contributed by atoms with Crippen molar-refractivity contribution in [3.05, 3.63) is 56.0 Å². The molecule has 6 heteroatoms. The molecule has 2 rings (SSSR count). The summed E-state index contributed by atoms with van der Waals surface area (Å²) in [5.41, 5.74) is 0.837. The van der Waals surface area contributed by atoms with Crippen LogP contribution < -0.4 is 0 Å². The minimum absolute atomic E-state index is 0.0265. The van der Waals surface area contributed by atoms with Crippen molar-refractivity contribution in [2.45, 2.75) is 0 Å². The van der Waals surface area contributed by atoms with Crippen molar-refractivity contribution in [2.24, 2.45) is 0 Å². The Kier molecular flexibility index (Phi) is 4.26. The molecule has 0 fully saturated rings. The first-order chi connectivity index (χ1) is 8.90. The highest BCUT2D eigenvalue weighted by atomic mass is 35.5. The number of aromatic carboxylic acids is 1. The van der Waals surface area contributed by atoms with E-state index in [1.807, 2.05) is 0 Å². The van der Waals surface area contributed by atoms with Gasteiger partial charge in [0, 0.05) is 15.6 Å². The van der Waals surface area contributed by atoms with Gasteiger partial charge in [0.1, 0.15) is 0 Å². The van der Waals surface area contributed by atoms with Gasteiger partial charge in [0.2, 0.25) is 0 Å². The van der Waals surface area contributed by atoms with Crippen LogP contribution in [0.15, 0.2) is 30.3 Å². The van der Waals surface area contributed by atoms with Crippen LogP contribution in [0.1, 0.15) is 10.4 Å². The molecule has 0 saturated heterocycles. The predicted octanol–water partition coefficient (Wildman–Crippen LogP) is 5.67. The molecule has 0 aromatic heterocycles. The van der Waals surface area contributed by atoms with Crippen molar-refractivity contribution < 1.29 is 9.90 Å². The largest absolute Gasteiger partial charge is 0.478 e. The molecule has 1 N–H and O–H groups in total. The average Bonchev–Trinajstić information content (AvgIpc) is 2.29. The van der Waals surface area contributed by atoms with Crippen LogP contribution in [0.5, 0.6) is 0 Å². The molecule has 0 atom stereocenters. The third-order valence-electron chi connectivity index (χ3n) is 2.49. The Hall–Kier alpha value is -0.930. The number of rotatable bonds is 2. The fourth-order valence-corrected chi connectivity index (χ4v) is 2.90. The molecule has 0 heterocycles. The maximum absolute atomic E-state index is 11.3. The van der Waals surface area contributed by atoms with Gasteiger partial charge in [-0.05, 0) is 29.8 Å². The van der Waals surface area contributed by atoms with Crippen molar-refractivity contribution in [2.75, 3.05) is 0 Å². The third kappa shape index (κ3) is 2.98. The fourth-order valence-electron chi connectivity index (χ4n) is 1.71. The topological polar surface area (TPSA) is 37.3 Å². The number of halogens is 4. The molecular formula is C13H6Cl4O2. The van der Waals surface area contributed by atoms with E-state index in [0.717, 1.165) is 0 Å². The summed E-state index contributed by atoms with van der Waals surface area (Å²) in [4.78, 5) is 11.3. The number of carboxylic acid groups (broad SMARTS) is 1. The lowest BCUT2D eigenvalue weighted by molar-refractivity contribution is 0.0698. The van der Waals surface area contributed by atoms with Crippen LogP contribution in [0.3, 0.4) is 0 Å². The van der Waals surface area contributed by atoms with E-state index >= 15 is 0 Å². The number of benzene rings is 2. The number of hydrogen-bond donors (Lipinski definition) is 1. The molecule has 0 unspecified atom stereocenters. The van der Waals surface area contributed by atoms with Crippen LogP contribution in [-0.2, 0) is 0 Å². The Morgan fingerprint density at radius 2 is 1.47 bits per heavy atom. The van der Waals surface area contributed by atoms with E-state index in [-0.39, 0.29) is 15.6 Å². The standard InChI is InChI=1S/C13H6Cl4O2/c14-6-1-2-8(9(3-6)13(18)19)12-10(16)4-7(15)5-11(12)17/h1-5H,(H,18,19). The molecule has 0 radical (unpaired) electrons. The van der Waals surface area contributed by atoms with E-state index in [1.165, 1.54) is 18.2 Å². The van der Waals surface area contributed by atoms with Crippen LogP contribution in [0.25, 0.3) is 11.1 Å². The van der Waals surface area contributed by atoms with Crippen LogP contribution in [0, 0.1) is 0 Å². The summed E-state index contributed by atoms with van der Waals surface area (Å²) >= 11 is 23.8. The zero-order valence-corrected chi connectivity index (χ0v) is 12.3.